The van der Waals surface area contributed by atoms with Crippen LogP contribution in [0, 0.1) is 0 Å². The molecule has 6 heteroatoms. The average Bonchev–Trinajstić information content (AvgIpc) is 2.55. The number of hydrogen-bond acceptors (Lipinski definition) is 6. The fraction of sp³-hybridized carbons (Fsp3) is 0.400. The summed E-state index contributed by atoms with van der Waals surface area (Å²) >= 11 is 0. The molecular formula is C15H20N4O2. The van der Waals surface area contributed by atoms with Crippen molar-refractivity contribution in [1.82, 2.24) is 20.3 Å². The van der Waals surface area contributed by atoms with Gasteiger partial charge in [-0.2, -0.15) is 0 Å². The summed E-state index contributed by atoms with van der Waals surface area (Å²) in [7, 11) is 3.22. The molecule has 0 aromatic carbocycles. The molecule has 112 valence electrons. The highest BCUT2D eigenvalue weighted by atomic mass is 16.5. The van der Waals surface area contributed by atoms with E-state index in [0.29, 0.717) is 5.88 Å². The van der Waals surface area contributed by atoms with Crippen LogP contribution in [0.3, 0.4) is 0 Å². The molecular weight excluding hydrogens is 268 g/mol. The first-order valence-electron chi connectivity index (χ1n) is 6.86. The van der Waals surface area contributed by atoms with Crippen molar-refractivity contribution in [1.29, 1.82) is 0 Å². The Morgan fingerprint density at radius 3 is 2.71 bits per heavy atom. The van der Waals surface area contributed by atoms with Crippen molar-refractivity contribution in [3.8, 4) is 11.6 Å². The van der Waals surface area contributed by atoms with E-state index in [9.17, 15) is 0 Å². The molecule has 0 aliphatic rings. The largest absolute Gasteiger partial charge is 0.495 e. The number of rotatable bonds is 7. The van der Waals surface area contributed by atoms with Gasteiger partial charge in [0.1, 0.15) is 12.1 Å². The number of nitrogens with one attached hydrogen (secondary N) is 1. The van der Waals surface area contributed by atoms with Gasteiger partial charge >= 0.3 is 0 Å². The second-order valence-corrected chi connectivity index (χ2v) is 4.53. The number of aromatic nitrogens is 3. The van der Waals surface area contributed by atoms with Crippen LogP contribution in [0.1, 0.15) is 30.6 Å². The van der Waals surface area contributed by atoms with Crippen LogP contribution >= 0.6 is 0 Å². The average molecular weight is 288 g/mol. The molecule has 1 unspecified atom stereocenters. The zero-order valence-corrected chi connectivity index (χ0v) is 12.5. The highest BCUT2D eigenvalue weighted by Crippen LogP contribution is 2.24. The lowest BCUT2D eigenvalue weighted by Gasteiger charge is -2.19. The van der Waals surface area contributed by atoms with E-state index in [2.05, 4.69) is 27.2 Å². The fourth-order valence-corrected chi connectivity index (χ4v) is 2.01. The predicted octanol–water partition coefficient (Wildman–Crippen LogP) is 1.98. The Labute approximate surface area is 124 Å². The summed E-state index contributed by atoms with van der Waals surface area (Å²) in [5.41, 5.74) is 1.83. The van der Waals surface area contributed by atoms with Gasteiger partial charge in [-0.05, 0) is 24.6 Å². The van der Waals surface area contributed by atoms with Crippen molar-refractivity contribution in [3.63, 3.8) is 0 Å². The maximum absolute atomic E-state index is 5.24. The third-order valence-electron chi connectivity index (χ3n) is 3.07. The first kappa shape index (κ1) is 15.2. The molecule has 21 heavy (non-hydrogen) atoms. The molecule has 6 nitrogen and oxygen atoms in total. The van der Waals surface area contributed by atoms with Crippen molar-refractivity contribution in [2.45, 2.75) is 19.4 Å². The SMILES string of the molecule is CCCNC(c1cncc(OC)c1)c1cc(OC)ncn1. The van der Waals surface area contributed by atoms with Crippen LogP contribution in [0.4, 0.5) is 0 Å². The summed E-state index contributed by atoms with van der Waals surface area (Å²) in [6.45, 7) is 2.99. The van der Waals surface area contributed by atoms with Gasteiger partial charge in [-0.25, -0.2) is 9.97 Å². The molecule has 0 spiro atoms. The van der Waals surface area contributed by atoms with Crippen molar-refractivity contribution < 1.29 is 9.47 Å². The van der Waals surface area contributed by atoms with Crippen LogP contribution < -0.4 is 14.8 Å². The van der Waals surface area contributed by atoms with Crippen molar-refractivity contribution >= 4 is 0 Å². The molecule has 0 amide bonds. The smallest absolute Gasteiger partial charge is 0.216 e. The third-order valence-corrected chi connectivity index (χ3v) is 3.07. The predicted molar refractivity (Wildman–Crippen MR) is 79.5 cm³/mol. The molecule has 1 atom stereocenters. The highest BCUT2D eigenvalue weighted by Gasteiger charge is 2.17. The zero-order valence-electron chi connectivity index (χ0n) is 12.5. The minimum Gasteiger partial charge on any atom is -0.495 e. The molecule has 0 saturated heterocycles. The zero-order chi connectivity index (χ0) is 15.1. The number of nitrogens with zero attached hydrogens (tertiary/aromatic N) is 3. The van der Waals surface area contributed by atoms with E-state index in [1.807, 2.05) is 18.3 Å². The Morgan fingerprint density at radius 1 is 1.14 bits per heavy atom. The maximum Gasteiger partial charge on any atom is 0.216 e. The van der Waals surface area contributed by atoms with Crippen molar-refractivity contribution in [3.05, 3.63) is 42.1 Å². The Balaban J connectivity index is 2.36. The van der Waals surface area contributed by atoms with Crippen LogP contribution in [-0.4, -0.2) is 35.7 Å². The molecule has 2 rings (SSSR count). The van der Waals surface area contributed by atoms with Gasteiger partial charge in [-0.15, -0.1) is 0 Å². The summed E-state index contributed by atoms with van der Waals surface area (Å²) in [5, 5.41) is 3.46. The summed E-state index contributed by atoms with van der Waals surface area (Å²) in [6.07, 6.45) is 6.02. The molecule has 0 bridgehead atoms. The molecule has 2 aromatic rings. The van der Waals surface area contributed by atoms with E-state index in [1.54, 1.807) is 20.4 Å². The Morgan fingerprint density at radius 2 is 2.00 bits per heavy atom. The van der Waals surface area contributed by atoms with Gasteiger partial charge in [-0.1, -0.05) is 6.92 Å². The lowest BCUT2D eigenvalue weighted by atomic mass is 10.1. The van der Waals surface area contributed by atoms with E-state index in [1.165, 1.54) is 6.33 Å². The quantitative estimate of drug-likeness (QED) is 0.840. The van der Waals surface area contributed by atoms with Gasteiger partial charge in [0.25, 0.3) is 0 Å². The van der Waals surface area contributed by atoms with Crippen LogP contribution in [0.5, 0.6) is 11.6 Å². The van der Waals surface area contributed by atoms with Gasteiger partial charge in [0.05, 0.1) is 32.2 Å². The Hall–Kier alpha value is -2.21. The van der Waals surface area contributed by atoms with E-state index in [4.69, 9.17) is 9.47 Å². The lowest BCUT2D eigenvalue weighted by Crippen LogP contribution is -2.24. The monoisotopic (exact) mass is 288 g/mol. The first-order chi connectivity index (χ1) is 10.3. The third kappa shape index (κ3) is 3.88. The van der Waals surface area contributed by atoms with E-state index in [-0.39, 0.29) is 6.04 Å². The van der Waals surface area contributed by atoms with Crippen LogP contribution in [0.25, 0.3) is 0 Å². The van der Waals surface area contributed by atoms with Gasteiger partial charge in [-0.3, -0.25) is 4.98 Å². The number of hydrogen-bond donors (Lipinski definition) is 1. The normalized spacial score (nSPS) is 12.0. The standard InChI is InChI=1S/C15H20N4O2/c1-4-5-17-15(11-6-12(20-2)9-16-8-11)13-7-14(21-3)19-10-18-13/h6-10,15,17H,4-5H2,1-3H3. The highest BCUT2D eigenvalue weighted by molar-refractivity contribution is 5.32. The van der Waals surface area contributed by atoms with Gasteiger partial charge < -0.3 is 14.8 Å². The second kappa shape index (κ2) is 7.54. The minimum absolute atomic E-state index is 0.0792. The van der Waals surface area contributed by atoms with Crippen molar-refractivity contribution in [2.24, 2.45) is 0 Å². The minimum atomic E-state index is -0.0792. The summed E-state index contributed by atoms with van der Waals surface area (Å²) < 4.78 is 10.4. The Bertz CT molecular complexity index is 530. The molecule has 0 saturated carbocycles. The Kier molecular flexibility index (Phi) is 5.45. The summed E-state index contributed by atoms with van der Waals surface area (Å²) in [4.78, 5) is 12.6. The number of ether oxygens (including phenoxy) is 2. The van der Waals surface area contributed by atoms with E-state index < -0.39 is 0 Å². The van der Waals surface area contributed by atoms with Crippen molar-refractivity contribution in [2.75, 3.05) is 20.8 Å². The molecule has 0 aliphatic heterocycles. The van der Waals surface area contributed by atoms with Crippen LogP contribution in [0.2, 0.25) is 0 Å². The molecule has 0 radical (unpaired) electrons. The summed E-state index contributed by atoms with van der Waals surface area (Å²) in [5.74, 6) is 1.26. The first-order valence-corrected chi connectivity index (χ1v) is 6.86. The second-order valence-electron chi connectivity index (χ2n) is 4.53. The van der Waals surface area contributed by atoms with Gasteiger partial charge in [0.15, 0.2) is 0 Å². The molecule has 1 N–H and O–H groups in total. The molecule has 0 fully saturated rings. The molecule has 0 aliphatic carbocycles. The van der Waals surface area contributed by atoms with Gasteiger partial charge in [0.2, 0.25) is 5.88 Å². The fourth-order valence-electron chi connectivity index (χ4n) is 2.01. The number of pyridine rings is 1. The molecule has 2 aromatic heterocycles. The van der Waals surface area contributed by atoms with Crippen LogP contribution in [0.15, 0.2) is 30.9 Å². The van der Waals surface area contributed by atoms with E-state index >= 15 is 0 Å². The van der Waals surface area contributed by atoms with Gasteiger partial charge in [0, 0.05) is 12.3 Å². The molecule has 2 heterocycles. The van der Waals surface area contributed by atoms with E-state index in [0.717, 1.165) is 30.0 Å². The maximum atomic E-state index is 5.24. The summed E-state index contributed by atoms with van der Waals surface area (Å²) in [6, 6.07) is 3.70. The number of methoxy groups -OCH3 is 2. The lowest BCUT2D eigenvalue weighted by molar-refractivity contribution is 0.394. The topological polar surface area (TPSA) is 69.2 Å². The van der Waals surface area contributed by atoms with Crippen LogP contribution in [-0.2, 0) is 0 Å².